The van der Waals surface area contributed by atoms with Crippen LogP contribution in [0.2, 0.25) is 0 Å². The Hall–Kier alpha value is -2.01. The van der Waals surface area contributed by atoms with Crippen LogP contribution >= 0.6 is 11.3 Å². The van der Waals surface area contributed by atoms with E-state index in [-0.39, 0.29) is 5.91 Å². The maximum atomic E-state index is 12.3. The molecule has 21 heavy (non-hydrogen) atoms. The van der Waals surface area contributed by atoms with Crippen LogP contribution in [0.25, 0.3) is 0 Å². The van der Waals surface area contributed by atoms with Gasteiger partial charge >= 0.3 is 0 Å². The quantitative estimate of drug-likeness (QED) is 0.850. The van der Waals surface area contributed by atoms with Gasteiger partial charge < -0.3 is 14.4 Å². The van der Waals surface area contributed by atoms with Gasteiger partial charge in [0.2, 0.25) is 0 Å². The van der Waals surface area contributed by atoms with Gasteiger partial charge in [-0.25, -0.2) is 0 Å². The van der Waals surface area contributed by atoms with Crippen LogP contribution in [0, 0.1) is 6.92 Å². The molecule has 0 unspecified atom stereocenters. The highest BCUT2D eigenvalue weighted by atomic mass is 32.1. The first-order valence-electron chi connectivity index (χ1n) is 6.58. The molecule has 0 aliphatic rings. The predicted octanol–water partition coefficient (Wildman–Crippen LogP) is 3.35. The number of methoxy groups -OCH3 is 2. The van der Waals surface area contributed by atoms with Gasteiger partial charge in [-0.3, -0.25) is 4.79 Å². The van der Waals surface area contributed by atoms with Gasteiger partial charge in [-0.2, -0.15) is 0 Å². The molecule has 1 heterocycles. The van der Waals surface area contributed by atoms with Gasteiger partial charge in [-0.15, -0.1) is 11.3 Å². The molecule has 1 aromatic heterocycles. The van der Waals surface area contributed by atoms with Crippen LogP contribution in [0.5, 0.6) is 11.5 Å². The lowest BCUT2D eigenvalue weighted by Gasteiger charge is -2.17. The first-order valence-corrected chi connectivity index (χ1v) is 7.39. The molecule has 0 saturated heterocycles. The Bertz CT molecular complexity index is 636. The maximum absolute atomic E-state index is 12.3. The lowest BCUT2D eigenvalue weighted by molar-refractivity contribution is 0.0790. The highest BCUT2D eigenvalue weighted by Gasteiger charge is 2.14. The molecule has 0 N–H and O–H groups in total. The zero-order valence-corrected chi connectivity index (χ0v) is 13.5. The Balaban J connectivity index is 2.12. The third kappa shape index (κ3) is 3.55. The number of ether oxygens (including phenoxy) is 2. The van der Waals surface area contributed by atoms with E-state index in [1.165, 1.54) is 11.3 Å². The SMILES string of the molecule is COc1ccc(CN(C)C(=O)c2ccc(C)s2)cc1OC. The van der Waals surface area contributed by atoms with E-state index in [2.05, 4.69) is 0 Å². The van der Waals surface area contributed by atoms with Crippen molar-refractivity contribution in [3.05, 3.63) is 45.6 Å². The fourth-order valence-corrected chi connectivity index (χ4v) is 2.92. The van der Waals surface area contributed by atoms with Crippen LogP contribution < -0.4 is 9.47 Å². The van der Waals surface area contributed by atoms with E-state index in [9.17, 15) is 4.79 Å². The molecule has 0 fully saturated rings. The number of nitrogens with zero attached hydrogens (tertiary/aromatic N) is 1. The van der Waals surface area contributed by atoms with Crippen LogP contribution in [-0.2, 0) is 6.54 Å². The molecular formula is C16H19NO3S. The van der Waals surface area contributed by atoms with Crippen LogP contribution in [0.4, 0.5) is 0 Å². The summed E-state index contributed by atoms with van der Waals surface area (Å²) in [4.78, 5) is 15.9. The summed E-state index contributed by atoms with van der Waals surface area (Å²) in [5.41, 5.74) is 0.997. The average Bonchev–Trinajstić information content (AvgIpc) is 2.92. The summed E-state index contributed by atoms with van der Waals surface area (Å²) in [5.74, 6) is 1.38. The molecule has 0 saturated carbocycles. The second-order valence-electron chi connectivity index (χ2n) is 4.76. The molecular weight excluding hydrogens is 286 g/mol. The van der Waals surface area contributed by atoms with Crippen molar-refractivity contribution in [3.63, 3.8) is 0 Å². The van der Waals surface area contributed by atoms with Gasteiger partial charge in [-0.05, 0) is 36.8 Å². The number of rotatable bonds is 5. The molecule has 0 radical (unpaired) electrons. The van der Waals surface area contributed by atoms with E-state index < -0.39 is 0 Å². The summed E-state index contributed by atoms with van der Waals surface area (Å²) in [6, 6.07) is 9.50. The molecule has 2 aromatic rings. The first kappa shape index (κ1) is 15.4. The van der Waals surface area contributed by atoms with E-state index in [1.54, 1.807) is 26.2 Å². The molecule has 0 atom stereocenters. The van der Waals surface area contributed by atoms with Crippen molar-refractivity contribution in [1.29, 1.82) is 0 Å². The summed E-state index contributed by atoms with van der Waals surface area (Å²) in [5, 5.41) is 0. The van der Waals surface area contributed by atoms with Crippen molar-refractivity contribution >= 4 is 17.2 Å². The lowest BCUT2D eigenvalue weighted by Crippen LogP contribution is -2.25. The summed E-state index contributed by atoms with van der Waals surface area (Å²) >= 11 is 1.51. The Morgan fingerprint density at radius 2 is 1.86 bits per heavy atom. The highest BCUT2D eigenvalue weighted by Crippen LogP contribution is 2.28. The minimum absolute atomic E-state index is 0.0304. The third-order valence-corrected chi connectivity index (χ3v) is 4.15. The van der Waals surface area contributed by atoms with E-state index in [4.69, 9.17) is 9.47 Å². The largest absolute Gasteiger partial charge is 0.493 e. The number of hydrogen-bond donors (Lipinski definition) is 0. The molecule has 0 aliphatic carbocycles. The normalized spacial score (nSPS) is 10.3. The molecule has 2 rings (SSSR count). The summed E-state index contributed by atoms with van der Waals surface area (Å²) in [6.45, 7) is 2.52. The standard InChI is InChI=1S/C16H19NO3S/c1-11-5-8-15(21-11)16(18)17(2)10-12-6-7-13(19-3)14(9-12)20-4/h5-9H,10H2,1-4H3. The van der Waals surface area contributed by atoms with Crippen molar-refractivity contribution in [2.45, 2.75) is 13.5 Å². The summed E-state index contributed by atoms with van der Waals surface area (Å²) < 4.78 is 10.5. The zero-order valence-electron chi connectivity index (χ0n) is 12.7. The molecule has 0 spiro atoms. The van der Waals surface area contributed by atoms with Crippen molar-refractivity contribution in [2.24, 2.45) is 0 Å². The number of carbonyl (C=O) groups excluding carboxylic acids is 1. The molecule has 112 valence electrons. The fourth-order valence-electron chi connectivity index (χ4n) is 2.06. The van der Waals surface area contributed by atoms with Gasteiger partial charge in [0, 0.05) is 18.5 Å². The molecule has 0 bridgehead atoms. The predicted molar refractivity (Wildman–Crippen MR) is 84.4 cm³/mol. The molecule has 1 amide bonds. The number of hydrogen-bond acceptors (Lipinski definition) is 4. The van der Waals surface area contributed by atoms with E-state index in [1.807, 2.05) is 37.3 Å². The Kier molecular flexibility index (Phi) is 4.85. The second kappa shape index (κ2) is 6.63. The molecule has 4 nitrogen and oxygen atoms in total. The van der Waals surface area contributed by atoms with E-state index in [0.717, 1.165) is 15.3 Å². The molecule has 1 aromatic carbocycles. The number of aryl methyl sites for hydroxylation is 1. The number of thiophene rings is 1. The Labute approximate surface area is 128 Å². The molecule has 5 heteroatoms. The number of carbonyl (C=O) groups is 1. The van der Waals surface area contributed by atoms with Gasteiger partial charge in [0.05, 0.1) is 19.1 Å². The first-order chi connectivity index (χ1) is 10.0. The maximum Gasteiger partial charge on any atom is 0.263 e. The van der Waals surface area contributed by atoms with Crippen LogP contribution in [0.15, 0.2) is 30.3 Å². The van der Waals surface area contributed by atoms with Gasteiger partial charge in [0.15, 0.2) is 11.5 Å². The minimum atomic E-state index is 0.0304. The van der Waals surface area contributed by atoms with Crippen molar-refractivity contribution in [3.8, 4) is 11.5 Å². The number of amides is 1. The minimum Gasteiger partial charge on any atom is -0.493 e. The topological polar surface area (TPSA) is 38.8 Å². The van der Waals surface area contributed by atoms with E-state index in [0.29, 0.717) is 18.0 Å². The average molecular weight is 305 g/mol. The van der Waals surface area contributed by atoms with Crippen molar-refractivity contribution in [1.82, 2.24) is 4.90 Å². The zero-order chi connectivity index (χ0) is 15.4. The molecule has 0 aliphatic heterocycles. The van der Waals surface area contributed by atoms with Gasteiger partial charge in [0.25, 0.3) is 5.91 Å². The second-order valence-corrected chi connectivity index (χ2v) is 6.05. The third-order valence-electron chi connectivity index (χ3n) is 3.17. The van der Waals surface area contributed by atoms with Crippen LogP contribution in [0.1, 0.15) is 20.1 Å². The van der Waals surface area contributed by atoms with Crippen LogP contribution in [-0.4, -0.2) is 32.1 Å². The smallest absolute Gasteiger partial charge is 0.263 e. The lowest BCUT2D eigenvalue weighted by atomic mass is 10.2. The fraction of sp³-hybridized carbons (Fsp3) is 0.312. The summed E-state index contributed by atoms with van der Waals surface area (Å²) in [7, 11) is 5.01. The summed E-state index contributed by atoms with van der Waals surface area (Å²) in [6.07, 6.45) is 0. The Morgan fingerprint density at radius 3 is 2.43 bits per heavy atom. The Morgan fingerprint density at radius 1 is 1.14 bits per heavy atom. The van der Waals surface area contributed by atoms with E-state index >= 15 is 0 Å². The highest BCUT2D eigenvalue weighted by molar-refractivity contribution is 7.13. The van der Waals surface area contributed by atoms with Gasteiger partial charge in [0.1, 0.15) is 0 Å². The van der Waals surface area contributed by atoms with Crippen molar-refractivity contribution < 1.29 is 14.3 Å². The number of benzene rings is 1. The monoisotopic (exact) mass is 305 g/mol. The van der Waals surface area contributed by atoms with Gasteiger partial charge in [-0.1, -0.05) is 6.07 Å². The van der Waals surface area contributed by atoms with Crippen LogP contribution in [0.3, 0.4) is 0 Å². The van der Waals surface area contributed by atoms with Crippen molar-refractivity contribution in [2.75, 3.05) is 21.3 Å².